The van der Waals surface area contributed by atoms with Crippen molar-refractivity contribution < 1.29 is 14.3 Å². The van der Waals surface area contributed by atoms with Gasteiger partial charge in [-0.3, -0.25) is 4.79 Å². The van der Waals surface area contributed by atoms with E-state index in [9.17, 15) is 4.79 Å². The Morgan fingerprint density at radius 3 is 2.22 bits per heavy atom. The van der Waals surface area contributed by atoms with Crippen molar-refractivity contribution in [2.24, 2.45) is 0 Å². The van der Waals surface area contributed by atoms with Crippen LogP contribution in [0.3, 0.4) is 0 Å². The van der Waals surface area contributed by atoms with Gasteiger partial charge in [-0.1, -0.05) is 95.8 Å². The molecule has 1 N–H and O–H groups in total. The molecule has 0 spiro atoms. The second kappa shape index (κ2) is 18.8. The summed E-state index contributed by atoms with van der Waals surface area (Å²) in [6.07, 6.45) is 24.6. The van der Waals surface area contributed by atoms with Crippen LogP contribution in [0.15, 0.2) is 42.6 Å². The Bertz CT molecular complexity index is 790. The summed E-state index contributed by atoms with van der Waals surface area (Å²) in [6, 6.07) is 5.98. The SMILES string of the molecule is CCCCCCCCCCCCCCOc1ccc(CC(=O)NCC2C=CC=CN2CC)c(OC)c1. The Morgan fingerprint density at radius 1 is 0.917 bits per heavy atom. The van der Waals surface area contributed by atoms with Gasteiger partial charge in [0.05, 0.1) is 26.2 Å². The molecule has 0 aromatic heterocycles. The fraction of sp³-hybridized carbons (Fsp3) is 0.645. The second-order valence-corrected chi connectivity index (χ2v) is 9.82. The molecule has 1 atom stereocenters. The van der Waals surface area contributed by atoms with Gasteiger partial charge in [-0.25, -0.2) is 0 Å². The van der Waals surface area contributed by atoms with Crippen molar-refractivity contribution in [1.29, 1.82) is 0 Å². The Morgan fingerprint density at radius 2 is 1.58 bits per heavy atom. The van der Waals surface area contributed by atoms with E-state index in [0.717, 1.165) is 30.9 Å². The maximum atomic E-state index is 12.6. The van der Waals surface area contributed by atoms with E-state index in [1.54, 1.807) is 7.11 Å². The van der Waals surface area contributed by atoms with Crippen LogP contribution in [-0.4, -0.2) is 43.7 Å². The monoisotopic (exact) mass is 498 g/mol. The normalized spacial score (nSPS) is 14.8. The lowest BCUT2D eigenvalue weighted by atomic mass is 10.1. The number of hydrogen-bond donors (Lipinski definition) is 1. The molecule has 0 radical (unpaired) electrons. The molecule has 5 heteroatoms. The van der Waals surface area contributed by atoms with E-state index < -0.39 is 0 Å². The number of nitrogens with one attached hydrogen (secondary N) is 1. The summed E-state index contributed by atoms with van der Waals surface area (Å²) in [5.74, 6) is 1.50. The molecule has 0 bridgehead atoms. The molecule has 1 unspecified atom stereocenters. The Labute approximate surface area is 220 Å². The zero-order valence-electron chi connectivity index (χ0n) is 23.1. The van der Waals surface area contributed by atoms with Crippen LogP contribution >= 0.6 is 0 Å². The molecule has 0 aliphatic carbocycles. The van der Waals surface area contributed by atoms with Crippen LogP contribution in [0.5, 0.6) is 11.5 Å². The number of rotatable bonds is 20. The largest absolute Gasteiger partial charge is 0.496 e. The molecular weight excluding hydrogens is 448 g/mol. The van der Waals surface area contributed by atoms with Gasteiger partial charge >= 0.3 is 0 Å². The summed E-state index contributed by atoms with van der Waals surface area (Å²) >= 11 is 0. The molecule has 0 saturated carbocycles. The van der Waals surface area contributed by atoms with Gasteiger partial charge in [0.25, 0.3) is 0 Å². The fourth-order valence-electron chi connectivity index (χ4n) is 4.65. The summed E-state index contributed by atoms with van der Waals surface area (Å²) in [4.78, 5) is 14.8. The third-order valence-electron chi connectivity index (χ3n) is 6.90. The van der Waals surface area contributed by atoms with E-state index in [4.69, 9.17) is 9.47 Å². The highest BCUT2D eigenvalue weighted by molar-refractivity contribution is 5.79. The summed E-state index contributed by atoms with van der Waals surface area (Å²) in [6.45, 7) is 6.62. The van der Waals surface area contributed by atoms with Crippen molar-refractivity contribution in [3.05, 3.63) is 48.2 Å². The number of carbonyl (C=O) groups is 1. The third kappa shape index (κ3) is 12.0. The first-order chi connectivity index (χ1) is 17.7. The predicted octanol–water partition coefficient (Wildman–Crippen LogP) is 7.21. The van der Waals surface area contributed by atoms with E-state index in [0.29, 0.717) is 18.7 Å². The number of allylic oxidation sites excluding steroid dienone is 2. The Balaban J connectivity index is 1.59. The van der Waals surface area contributed by atoms with Crippen LogP contribution in [0.2, 0.25) is 0 Å². The quantitative estimate of drug-likeness (QED) is 0.193. The Hall–Kier alpha value is -2.43. The Kier molecular flexibility index (Phi) is 15.5. The molecule has 1 heterocycles. The van der Waals surface area contributed by atoms with Gasteiger partial charge in [-0.15, -0.1) is 0 Å². The molecule has 1 amide bonds. The van der Waals surface area contributed by atoms with Gasteiger partial charge in [0.2, 0.25) is 5.91 Å². The van der Waals surface area contributed by atoms with Crippen LogP contribution in [-0.2, 0) is 11.2 Å². The first-order valence-electron chi connectivity index (χ1n) is 14.3. The van der Waals surface area contributed by atoms with E-state index >= 15 is 0 Å². The highest BCUT2D eigenvalue weighted by Crippen LogP contribution is 2.25. The van der Waals surface area contributed by atoms with Crippen LogP contribution in [0.4, 0.5) is 0 Å². The second-order valence-electron chi connectivity index (χ2n) is 9.82. The summed E-state index contributed by atoms with van der Waals surface area (Å²) < 4.78 is 11.5. The maximum Gasteiger partial charge on any atom is 0.224 e. The number of methoxy groups -OCH3 is 1. The number of hydrogen-bond acceptors (Lipinski definition) is 4. The first-order valence-corrected chi connectivity index (χ1v) is 14.3. The van der Waals surface area contributed by atoms with E-state index in [1.165, 1.54) is 70.6 Å². The van der Waals surface area contributed by atoms with Gasteiger partial charge in [-0.2, -0.15) is 0 Å². The summed E-state index contributed by atoms with van der Waals surface area (Å²) in [7, 11) is 1.64. The third-order valence-corrected chi connectivity index (χ3v) is 6.90. The van der Waals surface area contributed by atoms with Crippen molar-refractivity contribution in [3.63, 3.8) is 0 Å². The van der Waals surface area contributed by atoms with Gasteiger partial charge in [0, 0.05) is 24.7 Å². The van der Waals surface area contributed by atoms with Gasteiger partial charge in [0.1, 0.15) is 11.5 Å². The van der Waals surface area contributed by atoms with Crippen LogP contribution < -0.4 is 14.8 Å². The molecule has 36 heavy (non-hydrogen) atoms. The topological polar surface area (TPSA) is 50.8 Å². The van der Waals surface area contributed by atoms with Gasteiger partial charge < -0.3 is 19.7 Å². The number of amides is 1. The molecule has 0 fully saturated rings. The zero-order valence-corrected chi connectivity index (χ0v) is 23.1. The number of benzene rings is 1. The zero-order chi connectivity index (χ0) is 25.8. The lowest BCUT2D eigenvalue weighted by Gasteiger charge is -2.29. The molecule has 1 aromatic carbocycles. The van der Waals surface area contributed by atoms with Crippen molar-refractivity contribution >= 4 is 5.91 Å². The smallest absolute Gasteiger partial charge is 0.224 e. The molecule has 0 saturated heterocycles. The fourth-order valence-corrected chi connectivity index (χ4v) is 4.65. The average Bonchev–Trinajstić information content (AvgIpc) is 2.91. The molecule has 1 aromatic rings. The van der Waals surface area contributed by atoms with E-state index in [1.807, 2.05) is 30.4 Å². The minimum Gasteiger partial charge on any atom is -0.496 e. The molecule has 2 rings (SSSR count). The van der Waals surface area contributed by atoms with E-state index in [-0.39, 0.29) is 11.9 Å². The van der Waals surface area contributed by atoms with Crippen molar-refractivity contribution in [3.8, 4) is 11.5 Å². The van der Waals surface area contributed by atoms with Crippen molar-refractivity contribution in [1.82, 2.24) is 10.2 Å². The van der Waals surface area contributed by atoms with Crippen LogP contribution in [0.1, 0.15) is 96.5 Å². The van der Waals surface area contributed by atoms with Crippen LogP contribution in [0, 0.1) is 0 Å². The lowest BCUT2D eigenvalue weighted by Crippen LogP contribution is -2.41. The molecule has 1 aliphatic rings. The number of carbonyl (C=O) groups excluding carboxylic acids is 1. The minimum atomic E-state index is -0.00234. The molecule has 1 aliphatic heterocycles. The standard InChI is InChI=1S/C31H50N2O3/c1-4-6-7-8-9-10-11-12-13-14-15-18-23-36-29-21-20-27(30(25-29)35-3)24-31(34)32-26-28-19-16-17-22-33(28)5-2/h16-17,19-22,25,28H,4-15,18,23-24,26H2,1-3H3,(H,32,34). The van der Waals surface area contributed by atoms with Gasteiger partial charge in [0.15, 0.2) is 0 Å². The number of nitrogens with zero attached hydrogens (tertiary/aromatic N) is 1. The maximum absolute atomic E-state index is 12.6. The number of ether oxygens (including phenoxy) is 2. The van der Waals surface area contributed by atoms with Gasteiger partial charge in [-0.05, 0) is 31.7 Å². The summed E-state index contributed by atoms with van der Waals surface area (Å²) in [5.41, 5.74) is 0.874. The molecular formula is C31H50N2O3. The van der Waals surface area contributed by atoms with Crippen molar-refractivity contribution in [2.75, 3.05) is 26.8 Å². The summed E-state index contributed by atoms with van der Waals surface area (Å²) in [5, 5.41) is 3.06. The highest BCUT2D eigenvalue weighted by Gasteiger charge is 2.15. The predicted molar refractivity (Wildman–Crippen MR) is 151 cm³/mol. The van der Waals surface area contributed by atoms with Crippen LogP contribution in [0.25, 0.3) is 0 Å². The van der Waals surface area contributed by atoms with Crippen molar-refractivity contribution in [2.45, 2.75) is 103 Å². The average molecular weight is 499 g/mol. The molecule has 202 valence electrons. The number of unbranched alkanes of at least 4 members (excludes halogenated alkanes) is 11. The number of likely N-dealkylation sites (N-methyl/N-ethyl adjacent to an activating group) is 1. The minimum absolute atomic E-state index is 0.00234. The van der Waals surface area contributed by atoms with E-state index in [2.05, 4.69) is 36.3 Å². The lowest BCUT2D eigenvalue weighted by molar-refractivity contribution is -0.120. The first kappa shape index (κ1) is 29.8. The highest BCUT2D eigenvalue weighted by atomic mass is 16.5. The molecule has 5 nitrogen and oxygen atoms in total.